The van der Waals surface area contributed by atoms with Gasteiger partial charge in [0.15, 0.2) is 0 Å². The second kappa shape index (κ2) is 5.75. The van der Waals surface area contributed by atoms with Crippen molar-refractivity contribution in [2.45, 2.75) is 30.7 Å². The van der Waals surface area contributed by atoms with E-state index in [-0.39, 0.29) is 16.5 Å². The molecular formula is C12H16ClFN2O2S. The predicted molar refractivity (Wildman–Crippen MR) is 71.9 cm³/mol. The average Bonchev–Trinajstić information content (AvgIpc) is 2.42. The Morgan fingerprint density at radius 3 is 2.47 bits per heavy atom. The highest BCUT2D eigenvalue weighted by Crippen LogP contribution is 2.27. The van der Waals surface area contributed by atoms with Crippen molar-refractivity contribution in [2.75, 3.05) is 13.1 Å². The molecule has 0 bridgehead atoms. The van der Waals surface area contributed by atoms with Gasteiger partial charge in [-0.2, -0.15) is 4.31 Å². The number of nitrogens with zero attached hydrogens (tertiary/aromatic N) is 1. The van der Waals surface area contributed by atoms with Gasteiger partial charge >= 0.3 is 0 Å². The molecule has 1 aliphatic heterocycles. The van der Waals surface area contributed by atoms with Crippen LogP contribution < -0.4 is 5.73 Å². The summed E-state index contributed by atoms with van der Waals surface area (Å²) in [4.78, 5) is -0.0725. The van der Waals surface area contributed by atoms with E-state index in [1.165, 1.54) is 10.4 Å². The highest BCUT2D eigenvalue weighted by atomic mass is 35.5. The molecule has 1 aliphatic rings. The molecule has 2 N–H and O–H groups in total. The largest absolute Gasteiger partial charge is 0.326 e. The molecule has 0 unspecified atom stereocenters. The average molecular weight is 307 g/mol. The number of nitrogens with two attached hydrogens (primary N) is 1. The minimum absolute atomic E-state index is 0.000880. The van der Waals surface area contributed by atoms with Crippen LogP contribution in [0.1, 0.15) is 24.8 Å². The molecule has 1 heterocycles. The SMILES string of the molecule is NCc1cc(S(=O)(=O)N2CCCCC2)cc(F)c1Cl. The lowest BCUT2D eigenvalue weighted by Crippen LogP contribution is -2.35. The maximum atomic E-state index is 13.7. The van der Waals surface area contributed by atoms with Gasteiger partial charge in [0.25, 0.3) is 0 Å². The Labute approximate surface area is 117 Å². The second-order valence-corrected chi connectivity index (χ2v) is 6.86. The normalized spacial score (nSPS) is 17.6. The molecule has 19 heavy (non-hydrogen) atoms. The fourth-order valence-corrected chi connectivity index (χ4v) is 3.94. The Kier molecular flexibility index (Phi) is 4.45. The van der Waals surface area contributed by atoms with Crippen molar-refractivity contribution >= 4 is 21.6 Å². The molecule has 0 saturated carbocycles. The third-order valence-electron chi connectivity index (χ3n) is 3.25. The van der Waals surface area contributed by atoms with Gasteiger partial charge < -0.3 is 5.73 Å². The van der Waals surface area contributed by atoms with Gasteiger partial charge in [0, 0.05) is 19.6 Å². The lowest BCUT2D eigenvalue weighted by Gasteiger charge is -2.26. The molecule has 0 amide bonds. The molecule has 1 saturated heterocycles. The molecule has 0 aliphatic carbocycles. The Morgan fingerprint density at radius 2 is 1.89 bits per heavy atom. The smallest absolute Gasteiger partial charge is 0.243 e. The summed E-state index contributed by atoms with van der Waals surface area (Å²) < 4.78 is 39.8. The first-order valence-corrected chi connectivity index (χ1v) is 7.96. The van der Waals surface area contributed by atoms with Crippen LogP contribution in [0.2, 0.25) is 5.02 Å². The Balaban J connectivity index is 2.42. The van der Waals surface area contributed by atoms with Crippen molar-refractivity contribution in [1.29, 1.82) is 0 Å². The van der Waals surface area contributed by atoms with Gasteiger partial charge in [-0.15, -0.1) is 0 Å². The van der Waals surface area contributed by atoms with Crippen molar-refractivity contribution in [3.63, 3.8) is 0 Å². The van der Waals surface area contributed by atoms with E-state index in [1.807, 2.05) is 0 Å². The maximum Gasteiger partial charge on any atom is 0.243 e. The number of sulfonamides is 1. The quantitative estimate of drug-likeness (QED) is 0.930. The molecule has 4 nitrogen and oxygen atoms in total. The Hall–Kier alpha value is -0.690. The number of rotatable bonds is 3. The van der Waals surface area contributed by atoms with E-state index in [9.17, 15) is 12.8 Å². The number of piperidine rings is 1. The summed E-state index contributed by atoms with van der Waals surface area (Å²) in [5.74, 6) is -0.750. The summed E-state index contributed by atoms with van der Waals surface area (Å²) in [5.41, 5.74) is 5.75. The second-order valence-electron chi connectivity index (χ2n) is 4.55. The van der Waals surface area contributed by atoms with E-state index in [0.29, 0.717) is 18.7 Å². The third-order valence-corrected chi connectivity index (χ3v) is 5.55. The summed E-state index contributed by atoms with van der Waals surface area (Å²) in [6.07, 6.45) is 2.69. The number of hydrogen-bond donors (Lipinski definition) is 1. The van der Waals surface area contributed by atoms with Crippen molar-refractivity contribution in [1.82, 2.24) is 4.31 Å². The number of benzene rings is 1. The first-order chi connectivity index (χ1) is 8.96. The summed E-state index contributed by atoms with van der Waals surface area (Å²) in [6, 6.07) is 2.32. The molecule has 0 atom stereocenters. The lowest BCUT2D eigenvalue weighted by atomic mass is 10.2. The van der Waals surface area contributed by atoms with E-state index in [4.69, 9.17) is 17.3 Å². The van der Waals surface area contributed by atoms with E-state index in [2.05, 4.69) is 0 Å². The van der Waals surface area contributed by atoms with Crippen LogP contribution in [0, 0.1) is 5.82 Å². The summed E-state index contributed by atoms with van der Waals surface area (Å²) in [7, 11) is -3.65. The molecule has 7 heteroatoms. The highest BCUT2D eigenvalue weighted by molar-refractivity contribution is 7.89. The van der Waals surface area contributed by atoms with Crippen LogP contribution in [0.3, 0.4) is 0 Å². The van der Waals surface area contributed by atoms with Gasteiger partial charge in [-0.25, -0.2) is 12.8 Å². The van der Waals surface area contributed by atoms with Gasteiger partial charge in [-0.05, 0) is 30.5 Å². The maximum absolute atomic E-state index is 13.7. The summed E-state index contributed by atoms with van der Waals surface area (Å²) in [5, 5.41) is -0.111. The van der Waals surface area contributed by atoms with E-state index in [0.717, 1.165) is 25.3 Å². The molecule has 0 radical (unpaired) electrons. The molecule has 106 valence electrons. The van der Waals surface area contributed by atoms with Crippen molar-refractivity contribution in [3.05, 3.63) is 28.5 Å². The first kappa shape index (κ1) is 14.7. The standard InChI is InChI=1S/C12H16ClFN2O2S/c13-12-9(8-15)6-10(7-11(12)14)19(17,18)16-4-2-1-3-5-16/h6-7H,1-5,8,15H2. The molecule has 1 aromatic carbocycles. The molecular weight excluding hydrogens is 291 g/mol. The molecule has 1 fully saturated rings. The fourth-order valence-electron chi connectivity index (χ4n) is 2.17. The van der Waals surface area contributed by atoms with Crippen molar-refractivity contribution in [3.8, 4) is 0 Å². The zero-order chi connectivity index (χ0) is 14.0. The van der Waals surface area contributed by atoms with E-state index < -0.39 is 15.8 Å². The van der Waals surface area contributed by atoms with Gasteiger partial charge in [0.2, 0.25) is 10.0 Å². The number of halogens is 2. The minimum atomic E-state index is -3.65. The van der Waals surface area contributed by atoms with Gasteiger partial charge in [-0.1, -0.05) is 18.0 Å². The zero-order valence-corrected chi connectivity index (χ0v) is 12.0. The van der Waals surface area contributed by atoms with Crippen LogP contribution >= 0.6 is 11.6 Å². The minimum Gasteiger partial charge on any atom is -0.326 e. The monoisotopic (exact) mass is 306 g/mol. The van der Waals surface area contributed by atoms with Crippen molar-refractivity contribution in [2.24, 2.45) is 5.73 Å². The fraction of sp³-hybridized carbons (Fsp3) is 0.500. The Bertz CT molecular complexity index is 571. The van der Waals surface area contributed by atoms with Crippen LogP contribution in [0.25, 0.3) is 0 Å². The first-order valence-electron chi connectivity index (χ1n) is 6.15. The lowest BCUT2D eigenvalue weighted by molar-refractivity contribution is 0.346. The molecule has 0 aromatic heterocycles. The third kappa shape index (κ3) is 2.91. The van der Waals surface area contributed by atoms with Gasteiger partial charge in [0.1, 0.15) is 5.82 Å². The van der Waals surface area contributed by atoms with Crippen molar-refractivity contribution < 1.29 is 12.8 Å². The predicted octanol–water partition coefficient (Wildman–Crippen LogP) is 2.11. The Morgan fingerprint density at radius 1 is 1.26 bits per heavy atom. The van der Waals surface area contributed by atoms with Crippen LogP contribution in [-0.4, -0.2) is 25.8 Å². The van der Waals surface area contributed by atoms with Gasteiger partial charge in [0.05, 0.1) is 9.92 Å². The summed E-state index contributed by atoms with van der Waals surface area (Å²) >= 11 is 5.74. The molecule has 2 rings (SSSR count). The number of hydrogen-bond acceptors (Lipinski definition) is 3. The van der Waals surface area contributed by atoms with Crippen LogP contribution in [0.15, 0.2) is 17.0 Å². The highest BCUT2D eigenvalue weighted by Gasteiger charge is 2.27. The van der Waals surface area contributed by atoms with E-state index in [1.54, 1.807) is 0 Å². The van der Waals surface area contributed by atoms with E-state index >= 15 is 0 Å². The topological polar surface area (TPSA) is 63.4 Å². The van der Waals surface area contributed by atoms with Crippen LogP contribution in [0.4, 0.5) is 4.39 Å². The van der Waals surface area contributed by atoms with Crippen LogP contribution in [-0.2, 0) is 16.6 Å². The summed E-state index contributed by atoms with van der Waals surface area (Å²) in [6.45, 7) is 0.953. The molecule has 0 spiro atoms. The van der Waals surface area contributed by atoms with Gasteiger partial charge in [-0.3, -0.25) is 0 Å². The zero-order valence-electron chi connectivity index (χ0n) is 10.4. The molecule has 1 aromatic rings. The van der Waals surface area contributed by atoms with Crippen LogP contribution in [0.5, 0.6) is 0 Å².